The van der Waals surface area contributed by atoms with Gasteiger partial charge in [0, 0.05) is 0 Å². The average molecular weight is 190 g/mol. The summed E-state index contributed by atoms with van der Waals surface area (Å²) in [6.45, 7) is 9.17. The van der Waals surface area contributed by atoms with E-state index in [1.807, 2.05) is 0 Å². The Balaban J connectivity index is 3.05. The molecule has 78 valence electrons. The maximum Gasteiger partial charge on any atom is -0.00754 e. The highest BCUT2D eigenvalue weighted by Gasteiger charge is 2.24. The summed E-state index contributed by atoms with van der Waals surface area (Å²) in [6.07, 6.45) is 3.78. The van der Waals surface area contributed by atoms with E-state index in [4.69, 9.17) is 0 Å². The first kappa shape index (κ1) is 11.3. The molecule has 0 aliphatic carbocycles. The van der Waals surface area contributed by atoms with Gasteiger partial charge in [0.15, 0.2) is 0 Å². The van der Waals surface area contributed by atoms with Crippen LogP contribution in [0.25, 0.3) is 0 Å². The summed E-state index contributed by atoms with van der Waals surface area (Å²) in [4.78, 5) is 0. The first-order valence-corrected chi connectivity index (χ1v) is 5.70. The van der Waals surface area contributed by atoms with Crippen LogP contribution >= 0.6 is 0 Å². The summed E-state index contributed by atoms with van der Waals surface area (Å²) in [5, 5.41) is 0. The second-order valence-corrected chi connectivity index (χ2v) is 4.48. The van der Waals surface area contributed by atoms with Crippen molar-refractivity contribution in [2.45, 2.75) is 52.4 Å². The predicted molar refractivity (Wildman–Crippen MR) is 63.7 cm³/mol. The van der Waals surface area contributed by atoms with E-state index in [2.05, 4.69) is 52.0 Å². The molecule has 1 unspecified atom stereocenters. The van der Waals surface area contributed by atoms with Crippen molar-refractivity contribution in [1.82, 2.24) is 0 Å². The van der Waals surface area contributed by atoms with Gasteiger partial charge in [-0.15, -0.1) is 0 Å². The zero-order chi connectivity index (χ0) is 10.6. The Morgan fingerprint density at radius 1 is 1.14 bits per heavy atom. The first-order chi connectivity index (χ1) is 6.64. The van der Waals surface area contributed by atoms with E-state index >= 15 is 0 Å². The zero-order valence-electron chi connectivity index (χ0n) is 9.93. The third-order valence-corrected chi connectivity index (χ3v) is 3.38. The summed E-state index contributed by atoms with van der Waals surface area (Å²) in [5.41, 5.74) is 3.34. The van der Waals surface area contributed by atoms with Crippen molar-refractivity contribution in [2.24, 2.45) is 0 Å². The molecule has 14 heavy (non-hydrogen) atoms. The van der Waals surface area contributed by atoms with Crippen LogP contribution in [0.5, 0.6) is 0 Å². The minimum atomic E-state index is 0.375. The van der Waals surface area contributed by atoms with Crippen LogP contribution in [-0.2, 0) is 5.41 Å². The van der Waals surface area contributed by atoms with Gasteiger partial charge in [-0.2, -0.15) is 0 Å². The quantitative estimate of drug-likeness (QED) is 0.657. The van der Waals surface area contributed by atoms with Crippen molar-refractivity contribution >= 4 is 0 Å². The van der Waals surface area contributed by atoms with Crippen molar-refractivity contribution in [3.63, 3.8) is 0 Å². The minimum absolute atomic E-state index is 0.375. The lowest BCUT2D eigenvalue weighted by molar-refractivity contribution is 0.412. The normalized spacial score (nSPS) is 15.1. The van der Waals surface area contributed by atoms with Gasteiger partial charge in [0.25, 0.3) is 0 Å². The van der Waals surface area contributed by atoms with E-state index in [9.17, 15) is 0 Å². The lowest BCUT2D eigenvalue weighted by Crippen LogP contribution is -2.21. The Bertz CT molecular complexity index is 288. The molecule has 1 aromatic carbocycles. The van der Waals surface area contributed by atoms with Crippen molar-refractivity contribution < 1.29 is 0 Å². The van der Waals surface area contributed by atoms with Crippen molar-refractivity contribution in [1.29, 1.82) is 0 Å². The maximum absolute atomic E-state index is 2.39. The predicted octanol–water partition coefficient (Wildman–Crippen LogP) is 4.46. The molecule has 0 spiro atoms. The van der Waals surface area contributed by atoms with Crippen molar-refractivity contribution in [3.8, 4) is 0 Å². The van der Waals surface area contributed by atoms with Crippen LogP contribution in [0.4, 0.5) is 0 Å². The van der Waals surface area contributed by atoms with Crippen LogP contribution in [0.3, 0.4) is 0 Å². The fraction of sp³-hybridized carbons (Fsp3) is 0.571. The van der Waals surface area contributed by atoms with E-state index in [0.29, 0.717) is 5.41 Å². The summed E-state index contributed by atoms with van der Waals surface area (Å²) in [7, 11) is 0. The van der Waals surface area contributed by atoms with Gasteiger partial charge < -0.3 is 0 Å². The van der Waals surface area contributed by atoms with Gasteiger partial charge in [0.2, 0.25) is 0 Å². The number of benzene rings is 1. The molecule has 0 N–H and O–H groups in total. The van der Waals surface area contributed by atoms with Crippen LogP contribution in [0.2, 0.25) is 0 Å². The highest BCUT2D eigenvalue weighted by Crippen LogP contribution is 2.34. The molecule has 0 radical (unpaired) electrons. The highest BCUT2D eigenvalue weighted by atomic mass is 14.3. The highest BCUT2D eigenvalue weighted by molar-refractivity contribution is 5.32. The van der Waals surface area contributed by atoms with Gasteiger partial charge in [-0.25, -0.2) is 0 Å². The molecule has 0 fully saturated rings. The molecular formula is C14H22. The lowest BCUT2D eigenvalue weighted by Gasteiger charge is -2.30. The number of hydrogen-bond acceptors (Lipinski definition) is 0. The van der Waals surface area contributed by atoms with Gasteiger partial charge in [0.05, 0.1) is 0 Å². The van der Waals surface area contributed by atoms with Crippen LogP contribution in [-0.4, -0.2) is 0 Å². The molecule has 0 nitrogen and oxygen atoms in total. The SMILES string of the molecule is CCCC(C)(CC)c1ccccc1C. The van der Waals surface area contributed by atoms with Gasteiger partial charge in [-0.05, 0) is 36.3 Å². The van der Waals surface area contributed by atoms with E-state index in [1.165, 1.54) is 30.4 Å². The average Bonchev–Trinajstić information content (AvgIpc) is 2.18. The summed E-state index contributed by atoms with van der Waals surface area (Å²) in [5.74, 6) is 0. The largest absolute Gasteiger partial charge is 0.0654 e. The Morgan fingerprint density at radius 3 is 2.29 bits per heavy atom. The van der Waals surface area contributed by atoms with Crippen LogP contribution in [0, 0.1) is 6.92 Å². The smallest absolute Gasteiger partial charge is 0.00754 e. The number of rotatable bonds is 4. The second-order valence-electron chi connectivity index (χ2n) is 4.48. The maximum atomic E-state index is 2.39. The summed E-state index contributed by atoms with van der Waals surface area (Å²) in [6, 6.07) is 8.79. The molecule has 0 amide bonds. The standard InChI is InChI=1S/C14H22/c1-5-11-14(4,6-2)13-10-8-7-9-12(13)3/h7-10H,5-6,11H2,1-4H3. The molecule has 1 rings (SSSR count). The molecule has 0 bridgehead atoms. The van der Waals surface area contributed by atoms with Gasteiger partial charge in [0.1, 0.15) is 0 Å². The third-order valence-electron chi connectivity index (χ3n) is 3.38. The molecule has 0 aromatic heterocycles. The molecule has 0 aliphatic heterocycles. The molecule has 0 saturated heterocycles. The molecular weight excluding hydrogens is 168 g/mol. The molecule has 0 heterocycles. The monoisotopic (exact) mass is 190 g/mol. The fourth-order valence-electron chi connectivity index (χ4n) is 2.30. The van der Waals surface area contributed by atoms with Gasteiger partial charge >= 0.3 is 0 Å². The molecule has 0 saturated carbocycles. The first-order valence-electron chi connectivity index (χ1n) is 5.70. The zero-order valence-corrected chi connectivity index (χ0v) is 9.93. The van der Waals surface area contributed by atoms with E-state index in [1.54, 1.807) is 0 Å². The Labute approximate surface area is 88.4 Å². The topological polar surface area (TPSA) is 0 Å². The van der Waals surface area contributed by atoms with E-state index in [-0.39, 0.29) is 0 Å². The van der Waals surface area contributed by atoms with Gasteiger partial charge in [-0.3, -0.25) is 0 Å². The molecule has 1 atom stereocenters. The lowest BCUT2D eigenvalue weighted by atomic mass is 9.75. The summed E-state index contributed by atoms with van der Waals surface area (Å²) < 4.78 is 0. The number of hydrogen-bond donors (Lipinski definition) is 0. The molecule has 1 aromatic rings. The Morgan fingerprint density at radius 2 is 1.79 bits per heavy atom. The Hall–Kier alpha value is -0.780. The van der Waals surface area contributed by atoms with Crippen molar-refractivity contribution in [3.05, 3.63) is 35.4 Å². The minimum Gasteiger partial charge on any atom is -0.0654 e. The Kier molecular flexibility index (Phi) is 3.74. The van der Waals surface area contributed by atoms with Crippen LogP contribution in [0.1, 0.15) is 51.2 Å². The molecule has 0 aliphatic rings. The summed E-state index contributed by atoms with van der Waals surface area (Å²) >= 11 is 0. The third kappa shape index (κ3) is 2.17. The van der Waals surface area contributed by atoms with E-state index < -0.39 is 0 Å². The van der Waals surface area contributed by atoms with Gasteiger partial charge in [-0.1, -0.05) is 51.5 Å². The molecule has 0 heteroatoms. The van der Waals surface area contributed by atoms with E-state index in [0.717, 1.165) is 0 Å². The second kappa shape index (κ2) is 4.63. The van der Waals surface area contributed by atoms with Crippen molar-refractivity contribution in [2.75, 3.05) is 0 Å². The van der Waals surface area contributed by atoms with Crippen LogP contribution < -0.4 is 0 Å². The number of aryl methyl sites for hydroxylation is 1. The fourth-order valence-corrected chi connectivity index (χ4v) is 2.30. The van der Waals surface area contributed by atoms with Crippen LogP contribution in [0.15, 0.2) is 24.3 Å².